The van der Waals surface area contributed by atoms with Crippen LogP contribution in [0.25, 0.3) is 0 Å². The quantitative estimate of drug-likeness (QED) is 0.760. The number of benzene rings is 1. The van der Waals surface area contributed by atoms with Gasteiger partial charge in [0.1, 0.15) is 23.5 Å². The van der Waals surface area contributed by atoms with E-state index in [0.717, 1.165) is 11.1 Å². The summed E-state index contributed by atoms with van der Waals surface area (Å²) in [6, 6.07) is 7.65. The lowest BCUT2D eigenvalue weighted by atomic mass is 10.1. The highest BCUT2D eigenvalue weighted by Crippen LogP contribution is 2.31. The Morgan fingerprint density at radius 2 is 1.78 bits per heavy atom. The fourth-order valence-corrected chi connectivity index (χ4v) is 2.21. The number of nitrogens with two attached hydrogens (primary N) is 1. The van der Waals surface area contributed by atoms with Crippen LogP contribution in [0.2, 0.25) is 0 Å². The number of hydrogen-bond acceptors (Lipinski definition) is 7. The summed E-state index contributed by atoms with van der Waals surface area (Å²) in [5.74, 6) is 2.58. The van der Waals surface area contributed by atoms with Gasteiger partial charge in [-0.05, 0) is 44.0 Å². The van der Waals surface area contributed by atoms with Gasteiger partial charge in [-0.1, -0.05) is 11.2 Å². The molecule has 1 aromatic carbocycles. The van der Waals surface area contributed by atoms with Gasteiger partial charge in [-0.3, -0.25) is 0 Å². The Morgan fingerprint density at radius 3 is 2.43 bits per heavy atom. The minimum absolute atomic E-state index is 0.285. The largest absolute Gasteiger partial charge is 0.437 e. The molecule has 0 aliphatic heterocycles. The standard InChI is InChI=1S/C16H17N5O2/c1-9-4-10(2)6-12(5-9)22-16-14(17)15(18-8-19-16)20-13-7-11(3)23-21-13/h4-8H,17H2,1-3H3,(H,18,19,20,21). The highest BCUT2D eigenvalue weighted by molar-refractivity contribution is 5.71. The van der Waals surface area contributed by atoms with Crippen LogP contribution in [0.4, 0.5) is 17.3 Å². The van der Waals surface area contributed by atoms with E-state index in [1.165, 1.54) is 6.33 Å². The monoisotopic (exact) mass is 311 g/mol. The van der Waals surface area contributed by atoms with Crippen molar-refractivity contribution < 1.29 is 9.26 Å². The van der Waals surface area contributed by atoms with Crippen LogP contribution in [0.1, 0.15) is 16.9 Å². The van der Waals surface area contributed by atoms with E-state index in [1.807, 2.05) is 26.0 Å². The molecule has 118 valence electrons. The average Bonchev–Trinajstić information content (AvgIpc) is 2.87. The molecular formula is C16H17N5O2. The van der Waals surface area contributed by atoms with Crippen molar-refractivity contribution in [3.05, 3.63) is 47.5 Å². The molecule has 0 fully saturated rings. The highest BCUT2D eigenvalue weighted by Gasteiger charge is 2.12. The fourth-order valence-electron chi connectivity index (χ4n) is 2.21. The normalized spacial score (nSPS) is 10.6. The second kappa shape index (κ2) is 5.96. The Balaban J connectivity index is 1.87. The zero-order chi connectivity index (χ0) is 16.4. The smallest absolute Gasteiger partial charge is 0.248 e. The summed E-state index contributed by atoms with van der Waals surface area (Å²) in [5.41, 5.74) is 8.59. The zero-order valence-electron chi connectivity index (χ0n) is 13.1. The lowest BCUT2D eigenvalue weighted by molar-refractivity contribution is 0.400. The summed E-state index contributed by atoms with van der Waals surface area (Å²) in [6.45, 7) is 5.81. The molecule has 2 aromatic heterocycles. The van der Waals surface area contributed by atoms with E-state index in [0.29, 0.717) is 28.8 Å². The fraction of sp³-hybridized carbons (Fsp3) is 0.188. The third-order valence-corrected chi connectivity index (χ3v) is 3.13. The number of aromatic nitrogens is 3. The minimum Gasteiger partial charge on any atom is -0.437 e. The van der Waals surface area contributed by atoms with E-state index in [2.05, 4.69) is 26.5 Å². The first-order valence-electron chi connectivity index (χ1n) is 7.08. The number of nitrogens with one attached hydrogen (secondary N) is 1. The van der Waals surface area contributed by atoms with Gasteiger partial charge in [-0.2, -0.15) is 4.98 Å². The van der Waals surface area contributed by atoms with E-state index in [-0.39, 0.29) is 5.88 Å². The predicted molar refractivity (Wildman–Crippen MR) is 87.0 cm³/mol. The molecular weight excluding hydrogens is 294 g/mol. The second-order valence-electron chi connectivity index (χ2n) is 5.31. The Hall–Kier alpha value is -3.09. The molecule has 0 unspecified atom stereocenters. The summed E-state index contributed by atoms with van der Waals surface area (Å²) in [5, 5.41) is 6.83. The summed E-state index contributed by atoms with van der Waals surface area (Å²) in [4.78, 5) is 8.21. The van der Waals surface area contributed by atoms with E-state index < -0.39 is 0 Å². The highest BCUT2D eigenvalue weighted by atomic mass is 16.5. The average molecular weight is 311 g/mol. The number of ether oxygens (including phenoxy) is 1. The summed E-state index contributed by atoms with van der Waals surface area (Å²) in [7, 11) is 0. The van der Waals surface area contributed by atoms with Crippen molar-refractivity contribution in [2.75, 3.05) is 11.1 Å². The molecule has 0 radical (unpaired) electrons. The van der Waals surface area contributed by atoms with Gasteiger partial charge in [-0.15, -0.1) is 0 Å². The lowest BCUT2D eigenvalue weighted by Gasteiger charge is -2.11. The van der Waals surface area contributed by atoms with Crippen LogP contribution in [0, 0.1) is 20.8 Å². The minimum atomic E-state index is 0.285. The first kappa shape index (κ1) is 14.8. The molecule has 0 spiro atoms. The molecule has 0 saturated carbocycles. The van der Waals surface area contributed by atoms with Gasteiger partial charge in [0.15, 0.2) is 11.6 Å². The van der Waals surface area contributed by atoms with E-state index >= 15 is 0 Å². The number of nitrogens with zero attached hydrogens (tertiary/aromatic N) is 3. The van der Waals surface area contributed by atoms with Crippen molar-refractivity contribution in [1.29, 1.82) is 0 Å². The molecule has 0 aliphatic rings. The van der Waals surface area contributed by atoms with Crippen molar-refractivity contribution in [3.63, 3.8) is 0 Å². The van der Waals surface area contributed by atoms with Crippen molar-refractivity contribution in [1.82, 2.24) is 15.1 Å². The molecule has 0 saturated heterocycles. The molecule has 3 N–H and O–H groups in total. The van der Waals surface area contributed by atoms with Gasteiger partial charge in [0, 0.05) is 6.07 Å². The van der Waals surface area contributed by atoms with Crippen LogP contribution in [0.15, 0.2) is 35.1 Å². The molecule has 3 rings (SSSR count). The zero-order valence-corrected chi connectivity index (χ0v) is 13.1. The van der Waals surface area contributed by atoms with E-state index in [1.54, 1.807) is 13.0 Å². The number of nitrogen functional groups attached to an aromatic ring is 1. The first-order valence-corrected chi connectivity index (χ1v) is 7.08. The molecule has 0 aliphatic carbocycles. The lowest BCUT2D eigenvalue weighted by Crippen LogP contribution is -2.03. The molecule has 7 nitrogen and oxygen atoms in total. The summed E-state index contributed by atoms with van der Waals surface area (Å²) in [6.07, 6.45) is 1.38. The number of anilines is 3. The van der Waals surface area contributed by atoms with Gasteiger partial charge in [0.05, 0.1) is 0 Å². The Bertz CT molecular complexity index is 824. The predicted octanol–water partition coefficient (Wildman–Crippen LogP) is 3.51. The Labute approximate surface area is 133 Å². The number of hydrogen-bond donors (Lipinski definition) is 2. The molecule has 7 heteroatoms. The van der Waals surface area contributed by atoms with Crippen LogP contribution in [-0.2, 0) is 0 Å². The Kier molecular flexibility index (Phi) is 3.84. The SMILES string of the molecule is Cc1cc(C)cc(Oc2ncnc(Nc3cc(C)on3)c2N)c1. The topological polar surface area (TPSA) is 99.1 Å². The van der Waals surface area contributed by atoms with Crippen LogP contribution in [-0.4, -0.2) is 15.1 Å². The Morgan fingerprint density at radius 1 is 1.04 bits per heavy atom. The van der Waals surface area contributed by atoms with Gasteiger partial charge < -0.3 is 20.3 Å². The maximum atomic E-state index is 6.09. The third-order valence-electron chi connectivity index (χ3n) is 3.13. The third kappa shape index (κ3) is 3.39. The first-order chi connectivity index (χ1) is 11.0. The van der Waals surface area contributed by atoms with Gasteiger partial charge in [0.2, 0.25) is 5.88 Å². The van der Waals surface area contributed by atoms with Crippen molar-refractivity contribution >= 4 is 17.3 Å². The van der Waals surface area contributed by atoms with Gasteiger partial charge in [0.25, 0.3) is 0 Å². The summed E-state index contributed by atoms with van der Waals surface area (Å²) >= 11 is 0. The van der Waals surface area contributed by atoms with Crippen molar-refractivity contribution in [3.8, 4) is 11.6 Å². The van der Waals surface area contributed by atoms with Crippen LogP contribution >= 0.6 is 0 Å². The summed E-state index contributed by atoms with van der Waals surface area (Å²) < 4.78 is 10.8. The van der Waals surface area contributed by atoms with Crippen LogP contribution < -0.4 is 15.8 Å². The van der Waals surface area contributed by atoms with Crippen LogP contribution in [0.5, 0.6) is 11.6 Å². The molecule has 3 aromatic rings. The molecule has 0 amide bonds. The van der Waals surface area contributed by atoms with Gasteiger partial charge in [-0.25, -0.2) is 4.98 Å². The van der Waals surface area contributed by atoms with E-state index in [9.17, 15) is 0 Å². The maximum Gasteiger partial charge on any atom is 0.248 e. The van der Waals surface area contributed by atoms with Crippen molar-refractivity contribution in [2.24, 2.45) is 0 Å². The van der Waals surface area contributed by atoms with E-state index in [4.69, 9.17) is 15.0 Å². The maximum absolute atomic E-state index is 6.09. The molecule has 2 heterocycles. The number of aryl methyl sites for hydroxylation is 3. The number of rotatable bonds is 4. The molecule has 0 bridgehead atoms. The molecule has 23 heavy (non-hydrogen) atoms. The van der Waals surface area contributed by atoms with Gasteiger partial charge >= 0.3 is 0 Å². The van der Waals surface area contributed by atoms with Crippen LogP contribution in [0.3, 0.4) is 0 Å². The molecule has 0 atom stereocenters. The van der Waals surface area contributed by atoms with Crippen molar-refractivity contribution in [2.45, 2.75) is 20.8 Å². The second-order valence-corrected chi connectivity index (χ2v) is 5.31.